The van der Waals surface area contributed by atoms with Gasteiger partial charge in [-0.3, -0.25) is 4.79 Å². The van der Waals surface area contributed by atoms with Crippen molar-refractivity contribution < 1.29 is 14.4 Å². The largest absolute Gasteiger partial charge is 0.393 e. The molecule has 0 unspecified atom stereocenters. The van der Waals surface area contributed by atoms with E-state index in [1.54, 1.807) is 17.9 Å². The Kier molecular flexibility index (Phi) is 4.18. The maximum absolute atomic E-state index is 12.8. The number of nitrogens with zero attached hydrogens (tertiary/aromatic N) is 2. The first-order valence-electron chi connectivity index (χ1n) is 7.26. The topological polar surface area (TPSA) is 66.6 Å². The summed E-state index contributed by atoms with van der Waals surface area (Å²) in [7, 11) is 0. The molecule has 1 aromatic heterocycles. The smallest absolute Gasteiger partial charge is 0.259 e. The van der Waals surface area contributed by atoms with Crippen LogP contribution in [0.15, 0.2) is 28.8 Å². The van der Waals surface area contributed by atoms with E-state index in [0.717, 1.165) is 0 Å². The van der Waals surface area contributed by atoms with Crippen molar-refractivity contribution in [2.75, 3.05) is 13.1 Å². The predicted octanol–water partition coefficient (Wildman–Crippen LogP) is 2.90. The van der Waals surface area contributed by atoms with Gasteiger partial charge in [-0.2, -0.15) is 0 Å². The van der Waals surface area contributed by atoms with E-state index in [4.69, 9.17) is 16.1 Å². The minimum atomic E-state index is -0.323. The van der Waals surface area contributed by atoms with E-state index in [1.807, 2.05) is 18.2 Å². The Bertz CT molecular complexity index is 690. The van der Waals surface area contributed by atoms with Gasteiger partial charge in [0.2, 0.25) is 0 Å². The molecule has 22 heavy (non-hydrogen) atoms. The molecule has 0 saturated carbocycles. The average molecular weight is 321 g/mol. The number of halogens is 1. The Labute approximate surface area is 133 Å². The molecule has 1 aliphatic heterocycles. The minimum absolute atomic E-state index is 0.124. The molecule has 2 aromatic rings. The molecule has 3 rings (SSSR count). The molecule has 1 N–H and O–H groups in total. The lowest BCUT2D eigenvalue weighted by molar-refractivity contribution is 0.0546. The van der Waals surface area contributed by atoms with Crippen LogP contribution >= 0.6 is 11.6 Å². The van der Waals surface area contributed by atoms with Crippen LogP contribution in [-0.4, -0.2) is 40.3 Å². The van der Waals surface area contributed by atoms with Crippen LogP contribution in [0.5, 0.6) is 0 Å². The van der Waals surface area contributed by atoms with Gasteiger partial charge < -0.3 is 14.5 Å². The van der Waals surface area contributed by atoms with E-state index in [2.05, 4.69) is 5.16 Å². The summed E-state index contributed by atoms with van der Waals surface area (Å²) in [6.45, 7) is 2.79. The van der Waals surface area contributed by atoms with Gasteiger partial charge in [-0.1, -0.05) is 35.0 Å². The molecule has 1 amide bonds. The highest BCUT2D eigenvalue weighted by molar-refractivity contribution is 6.33. The Morgan fingerprint density at radius 1 is 1.36 bits per heavy atom. The van der Waals surface area contributed by atoms with Gasteiger partial charge in [0.15, 0.2) is 0 Å². The van der Waals surface area contributed by atoms with Crippen molar-refractivity contribution in [3.05, 3.63) is 40.6 Å². The van der Waals surface area contributed by atoms with Gasteiger partial charge in [0, 0.05) is 18.7 Å². The lowest BCUT2D eigenvalue weighted by atomic mass is 10.0. The third kappa shape index (κ3) is 2.74. The van der Waals surface area contributed by atoms with Gasteiger partial charge in [0.1, 0.15) is 17.0 Å². The molecule has 2 heterocycles. The first-order chi connectivity index (χ1) is 10.6. The molecule has 0 aliphatic carbocycles. The zero-order valence-electron chi connectivity index (χ0n) is 12.3. The monoisotopic (exact) mass is 320 g/mol. The summed E-state index contributed by atoms with van der Waals surface area (Å²) in [5, 5.41) is 14.1. The zero-order chi connectivity index (χ0) is 15.7. The number of benzene rings is 1. The lowest BCUT2D eigenvalue weighted by Gasteiger charge is -2.29. The van der Waals surface area contributed by atoms with Crippen LogP contribution in [0.3, 0.4) is 0 Å². The molecule has 0 bridgehead atoms. The number of piperidine rings is 1. The van der Waals surface area contributed by atoms with Gasteiger partial charge in [0.05, 0.1) is 11.1 Å². The quantitative estimate of drug-likeness (QED) is 0.924. The second-order valence-electron chi connectivity index (χ2n) is 5.47. The number of amides is 1. The number of hydrogen-bond acceptors (Lipinski definition) is 4. The van der Waals surface area contributed by atoms with Crippen LogP contribution in [0, 0.1) is 6.92 Å². The van der Waals surface area contributed by atoms with Crippen LogP contribution in [0.1, 0.15) is 29.0 Å². The molecule has 1 fully saturated rings. The van der Waals surface area contributed by atoms with Crippen molar-refractivity contribution in [2.45, 2.75) is 25.9 Å². The summed E-state index contributed by atoms with van der Waals surface area (Å²) in [6, 6.07) is 7.24. The maximum atomic E-state index is 12.8. The SMILES string of the molecule is Cc1onc(-c2ccccc2Cl)c1C(=O)N1CCC(O)CC1. The Hall–Kier alpha value is -1.85. The Morgan fingerprint density at radius 2 is 2.05 bits per heavy atom. The van der Waals surface area contributed by atoms with E-state index < -0.39 is 0 Å². The van der Waals surface area contributed by atoms with Gasteiger partial charge in [-0.25, -0.2) is 0 Å². The van der Waals surface area contributed by atoms with E-state index in [9.17, 15) is 9.90 Å². The van der Waals surface area contributed by atoms with Crippen molar-refractivity contribution in [3.63, 3.8) is 0 Å². The molecule has 1 aromatic carbocycles. The van der Waals surface area contributed by atoms with Crippen LogP contribution in [0.25, 0.3) is 11.3 Å². The number of hydrogen-bond donors (Lipinski definition) is 1. The van der Waals surface area contributed by atoms with Crippen molar-refractivity contribution in [1.82, 2.24) is 10.1 Å². The van der Waals surface area contributed by atoms with Crippen LogP contribution in [0.4, 0.5) is 0 Å². The summed E-state index contributed by atoms with van der Waals surface area (Å²) < 4.78 is 5.23. The van der Waals surface area contributed by atoms with E-state index in [1.165, 1.54) is 0 Å². The van der Waals surface area contributed by atoms with Crippen molar-refractivity contribution in [3.8, 4) is 11.3 Å². The van der Waals surface area contributed by atoms with Gasteiger partial charge in [-0.15, -0.1) is 0 Å². The van der Waals surface area contributed by atoms with E-state index in [-0.39, 0.29) is 12.0 Å². The number of rotatable bonds is 2. The molecule has 0 spiro atoms. The summed E-state index contributed by atoms with van der Waals surface area (Å²) in [4.78, 5) is 14.5. The summed E-state index contributed by atoms with van der Waals surface area (Å²) >= 11 is 6.21. The highest BCUT2D eigenvalue weighted by atomic mass is 35.5. The predicted molar refractivity (Wildman–Crippen MR) is 82.8 cm³/mol. The van der Waals surface area contributed by atoms with Gasteiger partial charge in [-0.05, 0) is 25.8 Å². The number of carbonyl (C=O) groups excluding carboxylic acids is 1. The van der Waals surface area contributed by atoms with Crippen LogP contribution in [-0.2, 0) is 0 Å². The molecule has 1 aliphatic rings. The van der Waals surface area contributed by atoms with E-state index in [0.29, 0.717) is 53.5 Å². The maximum Gasteiger partial charge on any atom is 0.259 e. The summed E-state index contributed by atoms with van der Waals surface area (Å²) in [5.74, 6) is 0.353. The number of aryl methyl sites for hydroxylation is 1. The third-order valence-corrected chi connectivity index (χ3v) is 4.29. The molecular weight excluding hydrogens is 304 g/mol. The normalized spacial score (nSPS) is 16.0. The highest BCUT2D eigenvalue weighted by Crippen LogP contribution is 2.32. The second-order valence-corrected chi connectivity index (χ2v) is 5.87. The number of carbonyl (C=O) groups is 1. The second kappa shape index (κ2) is 6.10. The number of likely N-dealkylation sites (tertiary alicyclic amines) is 1. The van der Waals surface area contributed by atoms with E-state index >= 15 is 0 Å². The summed E-state index contributed by atoms with van der Waals surface area (Å²) in [5.41, 5.74) is 1.60. The van der Waals surface area contributed by atoms with Crippen molar-refractivity contribution in [1.29, 1.82) is 0 Å². The van der Waals surface area contributed by atoms with Crippen molar-refractivity contribution >= 4 is 17.5 Å². The summed E-state index contributed by atoms with van der Waals surface area (Å²) in [6.07, 6.45) is 0.866. The fourth-order valence-corrected chi connectivity index (χ4v) is 2.91. The van der Waals surface area contributed by atoms with Gasteiger partial charge in [0.25, 0.3) is 5.91 Å². The molecular formula is C16H17ClN2O3. The average Bonchev–Trinajstić information content (AvgIpc) is 2.89. The standard InChI is InChI=1S/C16H17ClN2O3/c1-10-14(16(21)19-8-6-11(20)7-9-19)15(18-22-10)12-4-2-3-5-13(12)17/h2-5,11,20H,6-9H2,1H3. The number of aliphatic hydroxyl groups is 1. The Balaban J connectivity index is 1.96. The molecule has 0 atom stereocenters. The Morgan fingerprint density at radius 3 is 2.73 bits per heavy atom. The van der Waals surface area contributed by atoms with Crippen molar-refractivity contribution in [2.24, 2.45) is 0 Å². The lowest BCUT2D eigenvalue weighted by Crippen LogP contribution is -2.40. The molecule has 0 radical (unpaired) electrons. The zero-order valence-corrected chi connectivity index (χ0v) is 13.0. The van der Waals surface area contributed by atoms with Crippen LogP contribution in [0.2, 0.25) is 5.02 Å². The molecule has 1 saturated heterocycles. The first kappa shape index (κ1) is 15.1. The fraction of sp³-hybridized carbons (Fsp3) is 0.375. The highest BCUT2D eigenvalue weighted by Gasteiger charge is 2.29. The van der Waals surface area contributed by atoms with Gasteiger partial charge >= 0.3 is 0 Å². The minimum Gasteiger partial charge on any atom is -0.393 e. The first-order valence-corrected chi connectivity index (χ1v) is 7.64. The number of aliphatic hydroxyl groups excluding tert-OH is 1. The third-order valence-electron chi connectivity index (χ3n) is 3.96. The molecule has 116 valence electrons. The fourth-order valence-electron chi connectivity index (χ4n) is 2.69. The molecule has 5 nitrogen and oxygen atoms in total. The molecule has 6 heteroatoms. The van der Waals surface area contributed by atoms with Crippen LogP contribution < -0.4 is 0 Å². The number of aromatic nitrogens is 1.